The lowest BCUT2D eigenvalue weighted by atomic mass is 9.47. The molecule has 1 N–H and O–H groups in total. The standard InChI is InChI=1S/C28H46O/c1-19(21(3)18-29)9-10-20(2)24-13-14-25-23-12-11-22-8-6-7-16-27(22,4)26(23)15-17-28(24,25)5/h9-11,19-21,23-26,29H,6-8,12-18H2,1-5H3/t19-,20-,21?,23+,24-,25+,26+,27+,28-/m1/s1. The molecule has 29 heavy (non-hydrogen) atoms. The van der Waals surface area contributed by atoms with Gasteiger partial charge in [0.05, 0.1) is 0 Å². The fourth-order valence-electron chi connectivity index (χ4n) is 8.44. The average Bonchev–Trinajstić information content (AvgIpc) is 3.08. The zero-order valence-electron chi connectivity index (χ0n) is 19.8. The van der Waals surface area contributed by atoms with Gasteiger partial charge in [-0.25, -0.2) is 0 Å². The van der Waals surface area contributed by atoms with Crippen molar-refractivity contribution in [3.63, 3.8) is 0 Å². The van der Waals surface area contributed by atoms with E-state index in [9.17, 15) is 5.11 Å². The van der Waals surface area contributed by atoms with Crippen molar-refractivity contribution in [2.45, 2.75) is 92.4 Å². The van der Waals surface area contributed by atoms with E-state index in [0.29, 0.717) is 35.2 Å². The number of allylic oxidation sites excluding steroid dienone is 4. The lowest BCUT2D eigenvalue weighted by Crippen LogP contribution is -2.49. The fraction of sp³-hybridized carbons (Fsp3) is 0.857. The van der Waals surface area contributed by atoms with Gasteiger partial charge in [0.25, 0.3) is 0 Å². The van der Waals surface area contributed by atoms with Gasteiger partial charge in [0.1, 0.15) is 0 Å². The fourth-order valence-corrected chi connectivity index (χ4v) is 8.44. The monoisotopic (exact) mass is 398 g/mol. The third-order valence-electron chi connectivity index (χ3n) is 10.6. The molecule has 1 nitrogen and oxygen atoms in total. The molecule has 0 aliphatic heterocycles. The first-order valence-corrected chi connectivity index (χ1v) is 12.8. The summed E-state index contributed by atoms with van der Waals surface area (Å²) < 4.78 is 0. The smallest absolute Gasteiger partial charge is 0.0462 e. The van der Waals surface area contributed by atoms with Gasteiger partial charge in [-0.05, 0) is 104 Å². The van der Waals surface area contributed by atoms with E-state index in [2.05, 4.69) is 52.8 Å². The molecule has 0 heterocycles. The number of aliphatic hydroxyl groups excluding tert-OH is 1. The molecule has 1 unspecified atom stereocenters. The molecule has 9 atom stereocenters. The summed E-state index contributed by atoms with van der Waals surface area (Å²) in [4.78, 5) is 0. The zero-order valence-corrected chi connectivity index (χ0v) is 19.8. The van der Waals surface area contributed by atoms with Crippen molar-refractivity contribution < 1.29 is 5.11 Å². The molecule has 4 aliphatic rings. The summed E-state index contributed by atoms with van der Waals surface area (Å²) in [6.07, 6.45) is 20.5. The van der Waals surface area contributed by atoms with Crippen LogP contribution in [-0.4, -0.2) is 11.7 Å². The van der Waals surface area contributed by atoms with Gasteiger partial charge in [0, 0.05) is 6.61 Å². The second-order valence-corrected chi connectivity index (χ2v) is 12.0. The highest BCUT2D eigenvalue weighted by atomic mass is 16.3. The van der Waals surface area contributed by atoms with Crippen LogP contribution in [0, 0.1) is 52.3 Å². The van der Waals surface area contributed by atoms with Crippen LogP contribution in [0.2, 0.25) is 0 Å². The highest BCUT2D eigenvalue weighted by Crippen LogP contribution is 2.67. The number of aliphatic hydroxyl groups is 1. The summed E-state index contributed by atoms with van der Waals surface area (Å²) in [6, 6.07) is 0. The van der Waals surface area contributed by atoms with E-state index in [0.717, 1.165) is 23.7 Å². The highest BCUT2D eigenvalue weighted by Gasteiger charge is 2.58. The molecule has 0 amide bonds. The lowest BCUT2D eigenvalue weighted by Gasteiger charge is -2.58. The van der Waals surface area contributed by atoms with Crippen molar-refractivity contribution in [1.29, 1.82) is 0 Å². The molecule has 164 valence electrons. The molecule has 3 saturated carbocycles. The molecule has 4 aliphatic carbocycles. The Morgan fingerprint density at radius 2 is 1.83 bits per heavy atom. The Balaban J connectivity index is 1.51. The number of hydrogen-bond acceptors (Lipinski definition) is 1. The van der Waals surface area contributed by atoms with Gasteiger partial charge in [-0.15, -0.1) is 0 Å². The molecule has 0 aromatic rings. The minimum absolute atomic E-state index is 0.292. The summed E-state index contributed by atoms with van der Waals surface area (Å²) >= 11 is 0. The van der Waals surface area contributed by atoms with E-state index < -0.39 is 0 Å². The first-order valence-electron chi connectivity index (χ1n) is 12.8. The van der Waals surface area contributed by atoms with Gasteiger partial charge in [-0.3, -0.25) is 0 Å². The summed E-state index contributed by atoms with van der Waals surface area (Å²) in [5.41, 5.74) is 2.90. The molecule has 0 saturated heterocycles. The van der Waals surface area contributed by atoms with Crippen LogP contribution in [-0.2, 0) is 0 Å². The Kier molecular flexibility index (Phi) is 6.11. The van der Waals surface area contributed by atoms with Crippen molar-refractivity contribution in [2.24, 2.45) is 52.3 Å². The molecule has 0 radical (unpaired) electrons. The Bertz CT molecular complexity index is 647. The normalized spacial score (nSPS) is 45.1. The second kappa shape index (κ2) is 8.18. The number of fused-ring (bicyclic) bond motifs is 5. The molecule has 0 aromatic carbocycles. The molecule has 1 heteroatoms. The van der Waals surface area contributed by atoms with Crippen LogP contribution in [0.3, 0.4) is 0 Å². The Morgan fingerprint density at radius 1 is 1.03 bits per heavy atom. The van der Waals surface area contributed by atoms with Gasteiger partial charge >= 0.3 is 0 Å². The van der Waals surface area contributed by atoms with Gasteiger partial charge in [0.2, 0.25) is 0 Å². The summed E-state index contributed by atoms with van der Waals surface area (Å²) in [5.74, 6) is 5.16. The zero-order chi connectivity index (χ0) is 20.8. The lowest BCUT2D eigenvalue weighted by molar-refractivity contribution is -0.0462. The molecule has 0 bridgehead atoms. The van der Waals surface area contributed by atoms with Gasteiger partial charge in [-0.2, -0.15) is 0 Å². The van der Waals surface area contributed by atoms with E-state index in [4.69, 9.17) is 0 Å². The van der Waals surface area contributed by atoms with E-state index >= 15 is 0 Å². The van der Waals surface area contributed by atoms with Crippen LogP contribution >= 0.6 is 0 Å². The predicted octanol–water partition coefficient (Wildman–Crippen LogP) is 7.41. The van der Waals surface area contributed by atoms with Crippen LogP contribution in [0.25, 0.3) is 0 Å². The quantitative estimate of drug-likeness (QED) is 0.478. The number of hydrogen-bond donors (Lipinski definition) is 1. The maximum Gasteiger partial charge on any atom is 0.0462 e. The first-order chi connectivity index (χ1) is 13.8. The van der Waals surface area contributed by atoms with Crippen LogP contribution in [0.4, 0.5) is 0 Å². The van der Waals surface area contributed by atoms with Gasteiger partial charge in [-0.1, -0.05) is 64.8 Å². The van der Waals surface area contributed by atoms with Crippen LogP contribution in [0.5, 0.6) is 0 Å². The van der Waals surface area contributed by atoms with Crippen LogP contribution < -0.4 is 0 Å². The Labute approximate surface area is 180 Å². The molecule has 3 fully saturated rings. The van der Waals surface area contributed by atoms with E-state index in [1.807, 2.05) is 5.57 Å². The first kappa shape index (κ1) is 21.7. The average molecular weight is 399 g/mol. The van der Waals surface area contributed by atoms with Crippen molar-refractivity contribution in [2.75, 3.05) is 6.61 Å². The largest absolute Gasteiger partial charge is 0.396 e. The number of rotatable bonds is 5. The minimum Gasteiger partial charge on any atom is -0.396 e. The van der Waals surface area contributed by atoms with E-state index in [1.54, 1.807) is 0 Å². The Hall–Kier alpha value is -0.560. The maximum absolute atomic E-state index is 9.45. The van der Waals surface area contributed by atoms with Crippen molar-refractivity contribution in [1.82, 2.24) is 0 Å². The third-order valence-corrected chi connectivity index (χ3v) is 10.6. The molecular formula is C28H46O. The van der Waals surface area contributed by atoms with Gasteiger partial charge < -0.3 is 5.11 Å². The van der Waals surface area contributed by atoms with Crippen molar-refractivity contribution in [3.8, 4) is 0 Å². The molecule has 0 spiro atoms. The Morgan fingerprint density at radius 3 is 2.59 bits per heavy atom. The molecule has 0 aromatic heterocycles. The van der Waals surface area contributed by atoms with E-state index in [1.165, 1.54) is 57.8 Å². The van der Waals surface area contributed by atoms with Crippen LogP contribution in [0.15, 0.2) is 23.8 Å². The summed E-state index contributed by atoms with van der Waals surface area (Å²) in [7, 11) is 0. The van der Waals surface area contributed by atoms with Gasteiger partial charge in [0.15, 0.2) is 0 Å². The third kappa shape index (κ3) is 3.58. The SMILES string of the molecule is CC(CO)[C@H](C)C=C[C@@H](C)[C@H]1CC[C@H]2[C@@H]3CC=C4CCCC[C@]4(C)[C@H]3CC[C@]12C. The maximum atomic E-state index is 9.45. The van der Waals surface area contributed by atoms with Crippen molar-refractivity contribution >= 4 is 0 Å². The molecule has 4 rings (SSSR count). The second-order valence-electron chi connectivity index (χ2n) is 12.0. The van der Waals surface area contributed by atoms with Crippen LogP contribution in [0.1, 0.15) is 92.4 Å². The summed E-state index contributed by atoms with van der Waals surface area (Å²) in [6.45, 7) is 12.5. The molecular weight excluding hydrogens is 352 g/mol. The predicted molar refractivity (Wildman–Crippen MR) is 124 cm³/mol. The van der Waals surface area contributed by atoms with Crippen molar-refractivity contribution in [3.05, 3.63) is 23.8 Å². The highest BCUT2D eigenvalue weighted by molar-refractivity contribution is 5.24. The summed E-state index contributed by atoms with van der Waals surface area (Å²) in [5, 5.41) is 9.45. The van der Waals surface area contributed by atoms with E-state index in [-0.39, 0.29) is 0 Å². The topological polar surface area (TPSA) is 20.2 Å². The minimum atomic E-state index is 0.292.